The summed E-state index contributed by atoms with van der Waals surface area (Å²) in [6.07, 6.45) is 9.65. The lowest BCUT2D eigenvalue weighted by Gasteiger charge is -2.32. The lowest BCUT2D eigenvalue weighted by atomic mass is 9.90. The van der Waals surface area contributed by atoms with E-state index in [1.165, 1.54) is 44.9 Å². The van der Waals surface area contributed by atoms with Gasteiger partial charge in [-0.1, -0.05) is 32.6 Å². The highest BCUT2D eigenvalue weighted by Crippen LogP contribution is 2.24. The van der Waals surface area contributed by atoms with Crippen molar-refractivity contribution < 1.29 is 9.47 Å². The second kappa shape index (κ2) is 10.8. The fourth-order valence-electron chi connectivity index (χ4n) is 2.69. The van der Waals surface area contributed by atoms with Gasteiger partial charge in [-0.15, -0.1) is 0 Å². The van der Waals surface area contributed by atoms with Gasteiger partial charge in [-0.2, -0.15) is 0 Å². The van der Waals surface area contributed by atoms with Gasteiger partial charge in [-0.3, -0.25) is 0 Å². The van der Waals surface area contributed by atoms with Crippen molar-refractivity contribution >= 4 is 0 Å². The smallest absolute Gasteiger partial charge is 0.0615 e. The summed E-state index contributed by atoms with van der Waals surface area (Å²) in [4.78, 5) is 0. The minimum Gasteiger partial charge on any atom is -0.383 e. The molecule has 1 N–H and O–H groups in total. The van der Waals surface area contributed by atoms with Gasteiger partial charge in [0.15, 0.2) is 0 Å². The summed E-state index contributed by atoms with van der Waals surface area (Å²) in [6, 6.07) is 0. The molecule has 0 aromatic heterocycles. The number of hydrogen-bond donors (Lipinski definition) is 1. The second-order valence-electron chi connectivity index (χ2n) is 5.36. The Morgan fingerprint density at radius 2 is 2.17 bits per heavy atom. The summed E-state index contributed by atoms with van der Waals surface area (Å²) in [5.74, 6) is 0.706. The van der Waals surface area contributed by atoms with Gasteiger partial charge >= 0.3 is 0 Å². The van der Waals surface area contributed by atoms with Crippen LogP contribution in [0.2, 0.25) is 0 Å². The molecule has 0 aromatic rings. The molecule has 1 heterocycles. The highest BCUT2D eigenvalue weighted by atomic mass is 16.5. The quantitative estimate of drug-likeness (QED) is 0.610. The van der Waals surface area contributed by atoms with Gasteiger partial charge in [0.25, 0.3) is 0 Å². The van der Waals surface area contributed by atoms with Crippen molar-refractivity contribution in [3.63, 3.8) is 0 Å². The van der Waals surface area contributed by atoms with Crippen LogP contribution in [0, 0.1) is 5.92 Å². The molecule has 0 amide bonds. The van der Waals surface area contributed by atoms with Crippen molar-refractivity contribution in [1.29, 1.82) is 0 Å². The van der Waals surface area contributed by atoms with E-state index in [9.17, 15) is 0 Å². The van der Waals surface area contributed by atoms with Crippen LogP contribution in [0.1, 0.15) is 51.9 Å². The van der Waals surface area contributed by atoms with Gasteiger partial charge in [0.1, 0.15) is 0 Å². The molecule has 0 aromatic carbocycles. The summed E-state index contributed by atoms with van der Waals surface area (Å²) < 4.78 is 11.0. The predicted octanol–water partition coefficient (Wildman–Crippen LogP) is 2.99. The first-order valence-corrected chi connectivity index (χ1v) is 7.69. The van der Waals surface area contributed by atoms with E-state index in [0.717, 1.165) is 26.3 Å². The molecule has 1 aliphatic heterocycles. The first-order valence-electron chi connectivity index (χ1n) is 7.69. The number of ether oxygens (including phenoxy) is 2. The molecular formula is C15H31NO2. The molecule has 1 saturated heterocycles. The third-order valence-corrected chi connectivity index (χ3v) is 3.81. The zero-order valence-electron chi connectivity index (χ0n) is 12.2. The monoisotopic (exact) mass is 257 g/mol. The summed E-state index contributed by atoms with van der Waals surface area (Å²) in [6.45, 7) is 6.07. The summed E-state index contributed by atoms with van der Waals surface area (Å²) in [7, 11) is 1.75. The van der Waals surface area contributed by atoms with Crippen molar-refractivity contribution in [3.05, 3.63) is 0 Å². The number of methoxy groups -OCH3 is 1. The molecule has 18 heavy (non-hydrogen) atoms. The molecule has 0 bridgehead atoms. The molecule has 2 atom stereocenters. The van der Waals surface area contributed by atoms with Crippen LogP contribution in [0.3, 0.4) is 0 Å². The van der Waals surface area contributed by atoms with Crippen LogP contribution in [0.5, 0.6) is 0 Å². The SMILES string of the molecule is CCCCCCC1OCCCC1CNCCOC. The molecule has 1 rings (SSSR count). The van der Waals surface area contributed by atoms with Crippen LogP contribution in [0.4, 0.5) is 0 Å². The average Bonchev–Trinajstić information content (AvgIpc) is 2.41. The molecule has 2 unspecified atom stereocenters. The zero-order chi connectivity index (χ0) is 13.1. The van der Waals surface area contributed by atoms with E-state index in [4.69, 9.17) is 9.47 Å². The minimum absolute atomic E-state index is 0.491. The van der Waals surface area contributed by atoms with Crippen LogP contribution in [-0.4, -0.2) is 39.5 Å². The minimum atomic E-state index is 0.491. The van der Waals surface area contributed by atoms with Gasteiger partial charge in [-0.05, 0) is 25.2 Å². The molecule has 0 radical (unpaired) electrons. The third kappa shape index (κ3) is 6.72. The van der Waals surface area contributed by atoms with E-state index in [2.05, 4.69) is 12.2 Å². The van der Waals surface area contributed by atoms with Crippen molar-refractivity contribution in [2.45, 2.75) is 58.0 Å². The molecule has 3 nitrogen and oxygen atoms in total. The maximum absolute atomic E-state index is 5.96. The average molecular weight is 257 g/mol. The highest BCUT2D eigenvalue weighted by Gasteiger charge is 2.24. The van der Waals surface area contributed by atoms with E-state index in [1.54, 1.807) is 7.11 Å². The number of unbranched alkanes of at least 4 members (excludes halogenated alkanes) is 3. The first kappa shape index (κ1) is 15.9. The van der Waals surface area contributed by atoms with Gasteiger partial charge in [-0.25, -0.2) is 0 Å². The Hall–Kier alpha value is -0.120. The number of hydrogen-bond acceptors (Lipinski definition) is 3. The Bertz CT molecular complexity index is 167. The predicted molar refractivity (Wildman–Crippen MR) is 76.0 cm³/mol. The lowest BCUT2D eigenvalue weighted by Crippen LogP contribution is -2.37. The topological polar surface area (TPSA) is 30.5 Å². The Balaban J connectivity index is 2.15. The largest absolute Gasteiger partial charge is 0.383 e. The molecule has 0 aliphatic carbocycles. The van der Waals surface area contributed by atoms with Crippen molar-refractivity contribution in [2.75, 3.05) is 33.4 Å². The van der Waals surface area contributed by atoms with Crippen LogP contribution >= 0.6 is 0 Å². The summed E-state index contributed by atoms with van der Waals surface area (Å²) >= 11 is 0. The highest BCUT2D eigenvalue weighted by molar-refractivity contribution is 4.76. The Morgan fingerprint density at radius 3 is 2.94 bits per heavy atom. The fourth-order valence-corrected chi connectivity index (χ4v) is 2.69. The Morgan fingerprint density at radius 1 is 1.28 bits per heavy atom. The summed E-state index contributed by atoms with van der Waals surface area (Å²) in [5, 5.41) is 3.48. The Labute approximate surface area is 113 Å². The van der Waals surface area contributed by atoms with E-state index < -0.39 is 0 Å². The van der Waals surface area contributed by atoms with E-state index >= 15 is 0 Å². The standard InChI is InChI=1S/C15H31NO2/c1-3-4-5-6-9-15-14(8-7-11-18-15)13-16-10-12-17-2/h14-16H,3-13H2,1-2H3. The van der Waals surface area contributed by atoms with Gasteiger partial charge in [0.05, 0.1) is 12.7 Å². The van der Waals surface area contributed by atoms with Crippen LogP contribution in [-0.2, 0) is 9.47 Å². The molecule has 108 valence electrons. The molecule has 1 fully saturated rings. The van der Waals surface area contributed by atoms with Crippen LogP contribution < -0.4 is 5.32 Å². The van der Waals surface area contributed by atoms with Gasteiger partial charge < -0.3 is 14.8 Å². The Kier molecular flexibility index (Phi) is 9.54. The van der Waals surface area contributed by atoms with E-state index in [-0.39, 0.29) is 0 Å². The van der Waals surface area contributed by atoms with E-state index in [0.29, 0.717) is 12.0 Å². The molecule has 3 heteroatoms. The van der Waals surface area contributed by atoms with Gasteiger partial charge in [0, 0.05) is 26.8 Å². The van der Waals surface area contributed by atoms with Crippen molar-refractivity contribution in [3.8, 4) is 0 Å². The number of nitrogens with one attached hydrogen (secondary N) is 1. The third-order valence-electron chi connectivity index (χ3n) is 3.81. The zero-order valence-corrected chi connectivity index (χ0v) is 12.2. The van der Waals surface area contributed by atoms with Crippen LogP contribution in [0.25, 0.3) is 0 Å². The maximum Gasteiger partial charge on any atom is 0.0615 e. The van der Waals surface area contributed by atoms with Gasteiger partial charge in [0.2, 0.25) is 0 Å². The van der Waals surface area contributed by atoms with Crippen LogP contribution in [0.15, 0.2) is 0 Å². The normalized spacial score (nSPS) is 24.3. The molecular weight excluding hydrogens is 226 g/mol. The summed E-state index contributed by atoms with van der Waals surface area (Å²) in [5.41, 5.74) is 0. The van der Waals surface area contributed by atoms with E-state index in [1.807, 2.05) is 0 Å². The molecule has 0 saturated carbocycles. The van der Waals surface area contributed by atoms with Crippen molar-refractivity contribution in [1.82, 2.24) is 5.32 Å². The fraction of sp³-hybridized carbons (Fsp3) is 1.00. The van der Waals surface area contributed by atoms with Crippen molar-refractivity contribution in [2.24, 2.45) is 5.92 Å². The second-order valence-corrected chi connectivity index (χ2v) is 5.36. The molecule has 1 aliphatic rings. The first-order chi connectivity index (χ1) is 8.88. The maximum atomic E-state index is 5.96. The number of rotatable bonds is 10. The lowest BCUT2D eigenvalue weighted by molar-refractivity contribution is -0.0315. The molecule has 0 spiro atoms.